The summed E-state index contributed by atoms with van der Waals surface area (Å²) in [5, 5.41) is 0. The molecule has 0 rings (SSSR count). The van der Waals surface area contributed by atoms with Gasteiger partial charge in [-0.15, -0.1) is 6.58 Å². The second-order valence-electron chi connectivity index (χ2n) is 1.36. The first-order valence-electron chi connectivity index (χ1n) is 2.52. The van der Waals surface area contributed by atoms with E-state index in [2.05, 4.69) is 11.1 Å². The molecule has 74 valence electrons. The van der Waals surface area contributed by atoms with Gasteiger partial charge in [-0.2, -0.15) is 0 Å². The minimum atomic E-state index is -4.25. The van der Waals surface area contributed by atoms with Crippen LogP contribution in [-0.4, -0.2) is 26.2 Å². The highest BCUT2D eigenvalue weighted by atomic mass is 31.2. The Morgan fingerprint density at radius 2 is 1.83 bits per heavy atom. The molecule has 0 aromatic heterocycles. The maximum absolute atomic E-state index is 9.81. The quantitative estimate of drug-likeness (QED) is 0.378. The lowest BCUT2D eigenvalue weighted by Gasteiger charge is -1.98. The Bertz CT molecular complexity index is 179. The Kier molecular flexibility index (Phi) is 9.24. The van der Waals surface area contributed by atoms with Crippen LogP contribution in [0.25, 0.3) is 0 Å². The van der Waals surface area contributed by atoms with E-state index in [9.17, 15) is 4.57 Å². The van der Waals surface area contributed by atoms with Gasteiger partial charge in [0.15, 0.2) is 0 Å². The average Bonchev–Trinajstić information content (AvgIpc) is 1.80. The summed E-state index contributed by atoms with van der Waals surface area (Å²) in [6.07, 6.45) is 1.26. The fourth-order valence-electron chi connectivity index (χ4n) is 0.150. The van der Waals surface area contributed by atoms with Gasteiger partial charge in [-0.05, 0) is 0 Å². The molecular formula is C3H10O7P2. The number of hydrogen-bond acceptors (Lipinski definition) is 3. The number of hydrogen-bond donors (Lipinski definition) is 4. The summed E-state index contributed by atoms with van der Waals surface area (Å²) in [4.78, 5) is 30.3. The lowest BCUT2D eigenvalue weighted by Crippen LogP contribution is -1.86. The maximum Gasteiger partial charge on any atom is 0.469 e. The minimum Gasteiger partial charge on any atom is -0.326 e. The van der Waals surface area contributed by atoms with Gasteiger partial charge in [0.1, 0.15) is 0 Å². The van der Waals surface area contributed by atoms with Gasteiger partial charge in [0.05, 0.1) is 6.61 Å². The maximum atomic E-state index is 9.81. The van der Waals surface area contributed by atoms with Crippen LogP contribution in [0.4, 0.5) is 0 Å². The second kappa shape index (κ2) is 7.64. The number of phosphoric ester groups is 1. The Balaban J connectivity index is 0. The molecule has 0 spiro atoms. The molecule has 0 aromatic rings. The lowest BCUT2D eigenvalue weighted by molar-refractivity contribution is 0.216. The van der Waals surface area contributed by atoms with Gasteiger partial charge in [0.25, 0.3) is 0 Å². The first-order chi connectivity index (χ1) is 5.29. The largest absolute Gasteiger partial charge is 0.469 e. The first kappa shape index (κ1) is 14.5. The fraction of sp³-hybridized carbons (Fsp3) is 0.333. The van der Waals surface area contributed by atoms with Gasteiger partial charge in [-0.1, -0.05) is 6.08 Å². The van der Waals surface area contributed by atoms with E-state index >= 15 is 0 Å². The predicted octanol–water partition coefficient (Wildman–Crippen LogP) is -0.358. The molecule has 9 heteroatoms. The van der Waals surface area contributed by atoms with Gasteiger partial charge in [-0.3, -0.25) is 9.09 Å². The molecule has 7 nitrogen and oxygen atoms in total. The molecular weight excluding hydrogens is 210 g/mol. The third-order valence-corrected chi connectivity index (χ3v) is 0.846. The molecule has 0 aromatic carbocycles. The normalized spacial score (nSPS) is 10.4. The summed E-state index contributed by atoms with van der Waals surface area (Å²) in [6.45, 7) is 3.07. The summed E-state index contributed by atoms with van der Waals surface area (Å²) in [7, 11) is -7.38. The average molecular weight is 220 g/mol. The highest BCUT2D eigenvalue weighted by Gasteiger charge is 2.10. The Labute approximate surface area is 69.5 Å². The van der Waals surface area contributed by atoms with E-state index in [1.807, 2.05) is 0 Å². The van der Waals surface area contributed by atoms with Crippen molar-refractivity contribution in [3.63, 3.8) is 0 Å². The smallest absolute Gasteiger partial charge is 0.326 e. The SMILES string of the molecule is C=CCOP(=O)(O)O.O=[PH](O)O. The molecule has 0 saturated heterocycles. The van der Waals surface area contributed by atoms with Gasteiger partial charge in [0.2, 0.25) is 0 Å². The first-order valence-corrected chi connectivity index (χ1v) is 5.35. The summed E-state index contributed by atoms with van der Waals surface area (Å²) in [6, 6.07) is 0. The van der Waals surface area contributed by atoms with Crippen molar-refractivity contribution in [3.05, 3.63) is 12.7 Å². The predicted molar refractivity (Wildman–Crippen MR) is 41.6 cm³/mol. The van der Waals surface area contributed by atoms with Crippen LogP contribution in [0.15, 0.2) is 12.7 Å². The summed E-state index contributed by atoms with van der Waals surface area (Å²) < 4.78 is 22.5. The Hall–Kier alpha value is -0.0000000000000000416. The summed E-state index contributed by atoms with van der Waals surface area (Å²) in [5.74, 6) is 0. The molecule has 0 saturated carbocycles. The van der Waals surface area contributed by atoms with Crippen molar-refractivity contribution in [1.82, 2.24) is 0 Å². The summed E-state index contributed by atoms with van der Waals surface area (Å²) in [5.41, 5.74) is 0. The van der Waals surface area contributed by atoms with Crippen LogP contribution in [0, 0.1) is 0 Å². The zero-order valence-corrected chi connectivity index (χ0v) is 7.85. The van der Waals surface area contributed by atoms with Gasteiger partial charge in [0, 0.05) is 0 Å². The van der Waals surface area contributed by atoms with Crippen LogP contribution >= 0.6 is 16.1 Å². The van der Waals surface area contributed by atoms with Crippen molar-refractivity contribution in [2.24, 2.45) is 0 Å². The van der Waals surface area contributed by atoms with E-state index in [0.717, 1.165) is 0 Å². The zero-order valence-electron chi connectivity index (χ0n) is 5.95. The van der Waals surface area contributed by atoms with Crippen LogP contribution in [0.3, 0.4) is 0 Å². The molecule has 0 bridgehead atoms. The minimum absolute atomic E-state index is 0.121. The van der Waals surface area contributed by atoms with Crippen LogP contribution in [0.5, 0.6) is 0 Å². The van der Waals surface area contributed by atoms with Gasteiger partial charge < -0.3 is 19.6 Å². The van der Waals surface area contributed by atoms with Crippen molar-refractivity contribution in [3.8, 4) is 0 Å². The monoisotopic (exact) mass is 220 g/mol. The van der Waals surface area contributed by atoms with E-state index in [1.54, 1.807) is 0 Å². The zero-order chi connectivity index (χ0) is 10.2. The van der Waals surface area contributed by atoms with Gasteiger partial charge in [-0.25, -0.2) is 4.57 Å². The van der Waals surface area contributed by atoms with E-state index in [4.69, 9.17) is 24.1 Å². The molecule has 0 amide bonds. The summed E-state index contributed by atoms with van der Waals surface area (Å²) >= 11 is 0. The van der Waals surface area contributed by atoms with E-state index in [1.165, 1.54) is 6.08 Å². The van der Waals surface area contributed by atoms with Crippen molar-refractivity contribution in [2.45, 2.75) is 0 Å². The highest BCUT2D eigenvalue weighted by Crippen LogP contribution is 2.35. The molecule has 0 aliphatic carbocycles. The molecule has 0 aliphatic heterocycles. The van der Waals surface area contributed by atoms with E-state index in [-0.39, 0.29) is 6.61 Å². The number of phosphoric acid groups is 1. The van der Waals surface area contributed by atoms with Crippen molar-refractivity contribution >= 4 is 16.1 Å². The highest BCUT2D eigenvalue weighted by molar-refractivity contribution is 7.46. The van der Waals surface area contributed by atoms with Crippen LogP contribution in [-0.2, 0) is 13.7 Å². The fourth-order valence-corrected chi connectivity index (χ4v) is 0.449. The van der Waals surface area contributed by atoms with Crippen LogP contribution < -0.4 is 0 Å². The third-order valence-electron chi connectivity index (χ3n) is 0.361. The van der Waals surface area contributed by atoms with Gasteiger partial charge >= 0.3 is 16.1 Å². The Morgan fingerprint density at radius 1 is 1.50 bits per heavy atom. The van der Waals surface area contributed by atoms with E-state index in [0.29, 0.717) is 0 Å². The number of rotatable bonds is 3. The standard InChI is InChI=1S/C3H7O4P.H3O3P/c1-2-3-7-8(4,5)6;1-4(2)3/h2H,1,3H2,(H2,4,5,6);4H,(H2,1,2,3). The third kappa shape index (κ3) is 32.4. The van der Waals surface area contributed by atoms with Crippen LogP contribution in [0.1, 0.15) is 0 Å². The molecule has 0 atom stereocenters. The van der Waals surface area contributed by atoms with Crippen molar-refractivity contribution < 1.29 is 33.2 Å². The topological polar surface area (TPSA) is 124 Å². The molecule has 0 aliphatic rings. The Morgan fingerprint density at radius 3 is 1.92 bits per heavy atom. The second-order valence-corrected chi connectivity index (χ2v) is 3.16. The lowest BCUT2D eigenvalue weighted by atomic mass is 10.7. The van der Waals surface area contributed by atoms with Crippen molar-refractivity contribution in [1.29, 1.82) is 0 Å². The molecule has 12 heavy (non-hydrogen) atoms. The molecule has 0 radical (unpaired) electrons. The molecule has 0 heterocycles. The molecule has 0 fully saturated rings. The van der Waals surface area contributed by atoms with E-state index < -0.39 is 16.1 Å². The van der Waals surface area contributed by atoms with Crippen LogP contribution in [0.2, 0.25) is 0 Å². The van der Waals surface area contributed by atoms with Crippen molar-refractivity contribution in [2.75, 3.05) is 6.61 Å². The molecule has 4 N–H and O–H groups in total. The molecule has 0 unspecified atom stereocenters.